The summed E-state index contributed by atoms with van der Waals surface area (Å²) < 4.78 is 18.9. The summed E-state index contributed by atoms with van der Waals surface area (Å²) >= 11 is 0. The Labute approximate surface area is 227 Å². The van der Waals surface area contributed by atoms with Gasteiger partial charge in [-0.25, -0.2) is 9.18 Å². The van der Waals surface area contributed by atoms with Crippen molar-refractivity contribution in [1.82, 2.24) is 9.88 Å². The number of nitrogens with one attached hydrogen (secondary N) is 1. The highest BCUT2D eigenvalue weighted by atomic mass is 19.1. The van der Waals surface area contributed by atoms with E-state index in [2.05, 4.69) is 61.1 Å². The standard InChI is InChI=1S/C32H32FN3O3/c1-5-39-31(38)26-19-36(30(37)22-11-13-23(33)14-12-22)20-32(2,3)28-25-16-15-24(17-27(25)34-29(26)28)35(4)18-21-9-7-6-8-10-21/h6-17,19,34H,5,18,20H2,1-4H3. The molecule has 7 heteroatoms. The zero-order chi connectivity index (χ0) is 27.7. The first-order chi connectivity index (χ1) is 18.7. The normalized spacial score (nSPS) is 14.4. The molecule has 0 aliphatic carbocycles. The number of carbonyl (C=O) groups excluding carboxylic acids is 2. The van der Waals surface area contributed by atoms with E-state index in [4.69, 9.17) is 4.74 Å². The van der Waals surface area contributed by atoms with E-state index < -0.39 is 17.2 Å². The minimum absolute atomic E-state index is 0.204. The second kappa shape index (κ2) is 10.4. The van der Waals surface area contributed by atoms with Gasteiger partial charge < -0.3 is 19.5 Å². The van der Waals surface area contributed by atoms with Crippen LogP contribution in [0.4, 0.5) is 10.1 Å². The summed E-state index contributed by atoms with van der Waals surface area (Å²) in [4.78, 5) is 33.9. The molecule has 0 radical (unpaired) electrons. The number of anilines is 1. The third kappa shape index (κ3) is 5.17. The third-order valence-electron chi connectivity index (χ3n) is 7.13. The zero-order valence-corrected chi connectivity index (χ0v) is 22.6. The molecule has 1 aliphatic heterocycles. The van der Waals surface area contributed by atoms with E-state index in [1.807, 2.05) is 18.2 Å². The number of benzene rings is 3. The number of hydrogen-bond acceptors (Lipinski definition) is 4. The molecule has 0 spiro atoms. The maximum atomic E-state index is 13.5. The molecule has 0 unspecified atom stereocenters. The predicted octanol–water partition coefficient (Wildman–Crippen LogP) is 6.28. The third-order valence-corrected chi connectivity index (χ3v) is 7.13. The van der Waals surface area contributed by atoms with Gasteiger partial charge in [-0.3, -0.25) is 4.79 Å². The van der Waals surface area contributed by atoms with Crippen molar-refractivity contribution < 1.29 is 18.7 Å². The number of halogens is 1. The highest BCUT2D eigenvalue weighted by molar-refractivity contribution is 6.18. The molecular formula is C32H32FN3O3. The Morgan fingerprint density at radius 3 is 2.46 bits per heavy atom. The van der Waals surface area contributed by atoms with Crippen LogP contribution in [0, 0.1) is 5.82 Å². The molecule has 1 amide bonds. The lowest BCUT2D eigenvalue weighted by atomic mass is 9.81. The summed E-state index contributed by atoms with van der Waals surface area (Å²) in [6, 6.07) is 21.9. The number of aromatic amines is 1. The fourth-order valence-corrected chi connectivity index (χ4v) is 5.30. The van der Waals surface area contributed by atoms with Gasteiger partial charge in [0, 0.05) is 53.9 Å². The number of rotatable bonds is 6. The number of nitrogens with zero attached hydrogens (tertiary/aromatic N) is 2. The molecule has 1 N–H and O–H groups in total. The van der Waals surface area contributed by atoms with E-state index in [0.29, 0.717) is 17.8 Å². The fourth-order valence-electron chi connectivity index (χ4n) is 5.30. The number of esters is 1. The lowest BCUT2D eigenvalue weighted by Crippen LogP contribution is -2.37. The lowest BCUT2D eigenvalue weighted by Gasteiger charge is -2.30. The first-order valence-electron chi connectivity index (χ1n) is 13.0. The first-order valence-corrected chi connectivity index (χ1v) is 13.0. The molecule has 2 heterocycles. The summed E-state index contributed by atoms with van der Waals surface area (Å²) in [5.41, 5.74) is 4.84. The Bertz CT molecular complexity index is 1560. The van der Waals surface area contributed by atoms with Gasteiger partial charge in [0.2, 0.25) is 0 Å². The van der Waals surface area contributed by atoms with Crippen LogP contribution >= 0.6 is 0 Å². The minimum Gasteiger partial charge on any atom is -0.462 e. The van der Waals surface area contributed by atoms with E-state index in [9.17, 15) is 14.0 Å². The number of hydrogen-bond donors (Lipinski definition) is 1. The van der Waals surface area contributed by atoms with E-state index >= 15 is 0 Å². The summed E-state index contributed by atoms with van der Waals surface area (Å²) in [5.74, 6) is -1.24. The molecule has 0 saturated heterocycles. The summed E-state index contributed by atoms with van der Waals surface area (Å²) in [5, 5.41) is 0.984. The minimum atomic E-state index is -0.522. The smallest absolute Gasteiger partial charge is 0.341 e. The maximum absolute atomic E-state index is 13.5. The quantitative estimate of drug-likeness (QED) is 0.301. The lowest BCUT2D eigenvalue weighted by molar-refractivity contribution is -0.136. The molecule has 3 aromatic carbocycles. The molecule has 200 valence electrons. The number of aromatic nitrogens is 1. The molecule has 1 aliphatic rings. The topological polar surface area (TPSA) is 65.6 Å². The molecular weight excluding hydrogens is 493 g/mol. The van der Waals surface area contributed by atoms with Gasteiger partial charge in [0.15, 0.2) is 0 Å². The Kier molecular flexibility index (Phi) is 7.00. The predicted molar refractivity (Wildman–Crippen MR) is 152 cm³/mol. The van der Waals surface area contributed by atoms with Gasteiger partial charge >= 0.3 is 5.97 Å². The Morgan fingerprint density at radius 1 is 1.05 bits per heavy atom. The second-order valence-corrected chi connectivity index (χ2v) is 10.5. The van der Waals surface area contributed by atoms with Crippen molar-refractivity contribution in [2.24, 2.45) is 0 Å². The van der Waals surface area contributed by atoms with Gasteiger partial charge in [0.05, 0.1) is 17.9 Å². The van der Waals surface area contributed by atoms with Crippen molar-refractivity contribution >= 4 is 34.0 Å². The highest BCUT2D eigenvalue weighted by Crippen LogP contribution is 2.41. The van der Waals surface area contributed by atoms with Crippen molar-refractivity contribution in [2.45, 2.75) is 32.7 Å². The number of H-pyrrole nitrogens is 1. The van der Waals surface area contributed by atoms with E-state index in [-0.39, 0.29) is 18.1 Å². The van der Waals surface area contributed by atoms with Crippen LogP contribution in [0.15, 0.2) is 79.0 Å². The number of ether oxygens (including phenoxy) is 1. The second-order valence-electron chi connectivity index (χ2n) is 10.5. The molecule has 5 rings (SSSR count). The van der Waals surface area contributed by atoms with Gasteiger partial charge in [-0.1, -0.05) is 50.2 Å². The Morgan fingerprint density at radius 2 is 1.77 bits per heavy atom. The van der Waals surface area contributed by atoms with Crippen LogP contribution < -0.4 is 4.90 Å². The monoisotopic (exact) mass is 525 g/mol. The molecule has 39 heavy (non-hydrogen) atoms. The zero-order valence-electron chi connectivity index (χ0n) is 22.6. The highest BCUT2D eigenvalue weighted by Gasteiger charge is 2.37. The average molecular weight is 526 g/mol. The van der Waals surface area contributed by atoms with Gasteiger partial charge in [-0.2, -0.15) is 0 Å². The molecule has 4 aromatic rings. The molecule has 0 fully saturated rings. The maximum Gasteiger partial charge on any atom is 0.341 e. The molecule has 0 bridgehead atoms. The largest absolute Gasteiger partial charge is 0.462 e. The van der Waals surface area contributed by atoms with Gasteiger partial charge in [-0.15, -0.1) is 0 Å². The fraction of sp³-hybridized carbons (Fsp3) is 0.250. The van der Waals surface area contributed by atoms with Crippen molar-refractivity contribution in [3.05, 3.63) is 107 Å². The van der Waals surface area contributed by atoms with Crippen molar-refractivity contribution in [3.63, 3.8) is 0 Å². The number of amides is 1. The van der Waals surface area contributed by atoms with Crippen LogP contribution in [-0.2, 0) is 21.5 Å². The van der Waals surface area contributed by atoms with Gasteiger partial charge in [0.1, 0.15) is 5.82 Å². The van der Waals surface area contributed by atoms with Crippen LogP contribution in [-0.4, -0.2) is 42.0 Å². The van der Waals surface area contributed by atoms with Crippen molar-refractivity contribution in [1.29, 1.82) is 0 Å². The van der Waals surface area contributed by atoms with Gasteiger partial charge in [0.25, 0.3) is 5.91 Å². The van der Waals surface area contributed by atoms with Crippen LogP contribution in [0.2, 0.25) is 0 Å². The van der Waals surface area contributed by atoms with E-state index in [1.54, 1.807) is 13.1 Å². The summed E-state index contributed by atoms with van der Waals surface area (Å²) in [6.07, 6.45) is 1.56. The summed E-state index contributed by atoms with van der Waals surface area (Å²) in [7, 11) is 2.05. The van der Waals surface area contributed by atoms with Crippen LogP contribution in [0.1, 0.15) is 48.0 Å². The van der Waals surface area contributed by atoms with E-state index in [0.717, 1.165) is 28.7 Å². The van der Waals surface area contributed by atoms with Crippen LogP contribution in [0.5, 0.6) is 0 Å². The van der Waals surface area contributed by atoms with Crippen LogP contribution in [0.25, 0.3) is 16.5 Å². The summed E-state index contributed by atoms with van der Waals surface area (Å²) in [6.45, 7) is 7.15. The SMILES string of the molecule is CCOC(=O)C1=CN(C(=O)c2ccc(F)cc2)CC(C)(C)c2c1[nH]c1cc(N(C)Cc3ccccc3)ccc21. The van der Waals surface area contributed by atoms with Crippen molar-refractivity contribution in [2.75, 3.05) is 25.1 Å². The molecule has 0 atom stereocenters. The van der Waals surface area contributed by atoms with Crippen molar-refractivity contribution in [3.8, 4) is 0 Å². The Hall–Kier alpha value is -4.39. The molecule has 1 aromatic heterocycles. The molecule has 0 saturated carbocycles. The van der Waals surface area contributed by atoms with E-state index in [1.165, 1.54) is 34.7 Å². The average Bonchev–Trinajstić information content (AvgIpc) is 3.26. The number of fused-ring (bicyclic) bond motifs is 3. The van der Waals surface area contributed by atoms with Gasteiger partial charge in [-0.05, 0) is 54.4 Å². The Balaban J connectivity index is 1.58. The molecule has 6 nitrogen and oxygen atoms in total. The first kappa shape index (κ1) is 26.2. The van der Waals surface area contributed by atoms with Crippen LogP contribution in [0.3, 0.4) is 0 Å². The number of carbonyl (C=O) groups is 2.